The minimum Gasteiger partial charge on any atom is -0.313 e. The highest BCUT2D eigenvalue weighted by molar-refractivity contribution is 5.79. The first-order valence-corrected chi connectivity index (χ1v) is 11.5. The number of fused-ring (bicyclic) bond motifs is 1. The smallest absolute Gasteiger partial charge is 0.237 e. The first-order chi connectivity index (χ1) is 13.8. The van der Waals surface area contributed by atoms with Crippen molar-refractivity contribution in [2.75, 3.05) is 19.6 Å². The molecule has 2 saturated heterocycles. The Morgan fingerprint density at radius 1 is 1.00 bits per heavy atom. The van der Waals surface area contributed by atoms with Crippen molar-refractivity contribution in [2.45, 2.75) is 82.8 Å². The Morgan fingerprint density at radius 3 is 2.71 bits per heavy atom. The molecule has 4 rings (SSSR count). The third kappa shape index (κ3) is 5.23. The molecule has 2 heterocycles. The van der Waals surface area contributed by atoms with Gasteiger partial charge in [0.1, 0.15) is 6.23 Å². The SMILES string of the molecule is O=C1NNC(NCCCNCC2NC(C3CCCCC3)NO2)C2CCCCC12. The van der Waals surface area contributed by atoms with Gasteiger partial charge in [0, 0.05) is 18.4 Å². The van der Waals surface area contributed by atoms with Crippen LogP contribution in [0.4, 0.5) is 0 Å². The van der Waals surface area contributed by atoms with Gasteiger partial charge in [-0.25, -0.2) is 5.43 Å². The Balaban J connectivity index is 1.07. The lowest BCUT2D eigenvalue weighted by Gasteiger charge is -2.41. The van der Waals surface area contributed by atoms with Crippen LogP contribution in [-0.2, 0) is 9.63 Å². The second kappa shape index (κ2) is 10.3. The van der Waals surface area contributed by atoms with E-state index in [1.807, 2.05) is 0 Å². The molecule has 1 amide bonds. The van der Waals surface area contributed by atoms with Crippen molar-refractivity contribution in [1.82, 2.24) is 32.3 Å². The van der Waals surface area contributed by atoms with Crippen LogP contribution in [0.25, 0.3) is 0 Å². The monoisotopic (exact) mass is 394 g/mol. The van der Waals surface area contributed by atoms with Gasteiger partial charge in [-0.1, -0.05) is 32.1 Å². The van der Waals surface area contributed by atoms with Gasteiger partial charge in [0.25, 0.3) is 0 Å². The largest absolute Gasteiger partial charge is 0.313 e. The highest BCUT2D eigenvalue weighted by Crippen LogP contribution is 2.33. The molecule has 8 heteroatoms. The van der Waals surface area contributed by atoms with Crippen molar-refractivity contribution in [3.05, 3.63) is 0 Å². The summed E-state index contributed by atoms with van der Waals surface area (Å²) >= 11 is 0. The summed E-state index contributed by atoms with van der Waals surface area (Å²) in [7, 11) is 0. The lowest BCUT2D eigenvalue weighted by atomic mass is 9.76. The topological polar surface area (TPSA) is 98.5 Å². The Hall–Kier alpha value is -0.770. The van der Waals surface area contributed by atoms with Crippen molar-refractivity contribution in [1.29, 1.82) is 0 Å². The number of hydrogen-bond donors (Lipinski definition) is 6. The fourth-order valence-electron chi connectivity index (χ4n) is 5.36. The summed E-state index contributed by atoms with van der Waals surface area (Å²) in [6, 6.07) is 0. The van der Waals surface area contributed by atoms with E-state index in [4.69, 9.17) is 4.84 Å². The Bertz CT molecular complexity index is 501. The highest BCUT2D eigenvalue weighted by atomic mass is 16.7. The predicted octanol–water partition coefficient (Wildman–Crippen LogP) is 0.680. The summed E-state index contributed by atoms with van der Waals surface area (Å²) in [4.78, 5) is 17.7. The van der Waals surface area contributed by atoms with Gasteiger partial charge >= 0.3 is 0 Å². The van der Waals surface area contributed by atoms with E-state index in [1.54, 1.807) is 0 Å². The quantitative estimate of drug-likeness (QED) is 0.337. The predicted molar refractivity (Wildman–Crippen MR) is 108 cm³/mol. The molecule has 6 N–H and O–H groups in total. The lowest BCUT2D eigenvalue weighted by Crippen LogP contribution is -2.64. The molecule has 4 fully saturated rings. The van der Waals surface area contributed by atoms with Crippen molar-refractivity contribution >= 4 is 5.91 Å². The first kappa shape index (κ1) is 20.5. The van der Waals surface area contributed by atoms with E-state index in [-0.39, 0.29) is 24.2 Å². The van der Waals surface area contributed by atoms with Crippen LogP contribution in [0.15, 0.2) is 0 Å². The van der Waals surface area contributed by atoms with E-state index < -0.39 is 0 Å². The minimum atomic E-state index is 0.0538. The number of carbonyl (C=O) groups excluding carboxylic acids is 1. The maximum atomic E-state index is 12.0. The average molecular weight is 395 g/mol. The van der Waals surface area contributed by atoms with Crippen molar-refractivity contribution in [3.63, 3.8) is 0 Å². The van der Waals surface area contributed by atoms with Gasteiger partial charge in [0.2, 0.25) is 5.91 Å². The summed E-state index contributed by atoms with van der Waals surface area (Å²) in [6.45, 7) is 2.71. The summed E-state index contributed by atoms with van der Waals surface area (Å²) < 4.78 is 0. The van der Waals surface area contributed by atoms with E-state index in [0.717, 1.165) is 38.9 Å². The minimum absolute atomic E-state index is 0.0538. The zero-order valence-electron chi connectivity index (χ0n) is 17.0. The standard InChI is InChI=1S/C20H38N6O2/c27-20-16-10-5-4-9-15(16)19(24-25-20)22-12-6-11-21-13-17-23-18(26-28-17)14-7-2-1-3-8-14/h14-19,21-24,26H,1-13H2,(H,25,27). The van der Waals surface area contributed by atoms with Crippen LogP contribution in [0.3, 0.4) is 0 Å². The number of hydrazine groups is 1. The maximum absolute atomic E-state index is 12.0. The Labute approximate surface area is 168 Å². The number of hydrogen-bond acceptors (Lipinski definition) is 7. The molecule has 5 unspecified atom stereocenters. The van der Waals surface area contributed by atoms with Crippen LogP contribution in [0, 0.1) is 17.8 Å². The van der Waals surface area contributed by atoms with Gasteiger partial charge in [-0.3, -0.25) is 20.4 Å². The second-order valence-corrected chi connectivity index (χ2v) is 8.94. The summed E-state index contributed by atoms with van der Waals surface area (Å²) in [5.74, 6) is 1.49. The Kier molecular flexibility index (Phi) is 7.55. The fraction of sp³-hybridized carbons (Fsp3) is 0.950. The average Bonchev–Trinajstić information content (AvgIpc) is 3.22. The molecule has 0 aromatic rings. The van der Waals surface area contributed by atoms with Crippen molar-refractivity contribution in [3.8, 4) is 0 Å². The molecule has 2 aliphatic heterocycles. The van der Waals surface area contributed by atoms with Crippen LogP contribution >= 0.6 is 0 Å². The molecule has 8 nitrogen and oxygen atoms in total. The molecule has 0 radical (unpaired) electrons. The molecule has 0 aromatic carbocycles. The van der Waals surface area contributed by atoms with E-state index in [2.05, 4.69) is 32.3 Å². The van der Waals surface area contributed by atoms with E-state index >= 15 is 0 Å². The third-order valence-corrected chi connectivity index (χ3v) is 6.98. The number of carbonyl (C=O) groups is 1. The molecule has 28 heavy (non-hydrogen) atoms. The van der Waals surface area contributed by atoms with Crippen LogP contribution in [-0.4, -0.2) is 44.1 Å². The third-order valence-electron chi connectivity index (χ3n) is 6.98. The molecule has 2 aliphatic carbocycles. The van der Waals surface area contributed by atoms with Gasteiger partial charge in [0.05, 0.1) is 12.3 Å². The van der Waals surface area contributed by atoms with Gasteiger partial charge in [-0.2, -0.15) is 5.48 Å². The van der Waals surface area contributed by atoms with Crippen LogP contribution in [0.5, 0.6) is 0 Å². The van der Waals surface area contributed by atoms with Gasteiger partial charge in [-0.05, 0) is 51.1 Å². The fourth-order valence-corrected chi connectivity index (χ4v) is 5.36. The van der Waals surface area contributed by atoms with E-state index in [1.165, 1.54) is 44.9 Å². The lowest BCUT2D eigenvalue weighted by molar-refractivity contribution is -0.134. The van der Waals surface area contributed by atoms with Crippen molar-refractivity contribution < 1.29 is 9.63 Å². The summed E-state index contributed by atoms with van der Waals surface area (Å²) in [5.41, 5.74) is 9.22. The molecule has 5 atom stereocenters. The number of nitrogens with one attached hydrogen (secondary N) is 6. The van der Waals surface area contributed by atoms with Gasteiger partial charge < -0.3 is 10.6 Å². The number of rotatable bonds is 8. The van der Waals surface area contributed by atoms with Crippen LogP contribution in [0.1, 0.15) is 64.2 Å². The summed E-state index contributed by atoms with van der Waals surface area (Å²) in [5, 5.41) is 10.7. The van der Waals surface area contributed by atoms with Crippen LogP contribution in [0.2, 0.25) is 0 Å². The molecular weight excluding hydrogens is 356 g/mol. The number of amides is 1. The molecular formula is C20H38N6O2. The van der Waals surface area contributed by atoms with Crippen molar-refractivity contribution in [2.24, 2.45) is 17.8 Å². The van der Waals surface area contributed by atoms with Gasteiger partial charge in [0.15, 0.2) is 0 Å². The first-order valence-electron chi connectivity index (χ1n) is 11.5. The molecule has 0 spiro atoms. The zero-order valence-corrected chi connectivity index (χ0v) is 17.0. The molecule has 0 aromatic heterocycles. The normalized spacial score (nSPS) is 36.9. The molecule has 0 bridgehead atoms. The van der Waals surface area contributed by atoms with Crippen LogP contribution < -0.4 is 32.3 Å². The molecule has 4 aliphatic rings. The summed E-state index contributed by atoms with van der Waals surface area (Å²) in [6.07, 6.45) is 12.9. The molecule has 160 valence electrons. The second-order valence-electron chi connectivity index (χ2n) is 8.94. The maximum Gasteiger partial charge on any atom is 0.237 e. The zero-order chi connectivity index (χ0) is 19.2. The van der Waals surface area contributed by atoms with Gasteiger partial charge in [-0.15, -0.1) is 0 Å². The highest BCUT2D eigenvalue weighted by Gasteiger charge is 2.39. The van der Waals surface area contributed by atoms with E-state index in [9.17, 15) is 4.79 Å². The number of hydroxylamine groups is 1. The molecule has 2 saturated carbocycles. The Morgan fingerprint density at radius 2 is 1.82 bits per heavy atom. The van der Waals surface area contributed by atoms with E-state index in [0.29, 0.717) is 18.0 Å².